The molecule has 0 saturated carbocycles. The maximum Gasteiger partial charge on any atom is 0.142 e. The molecule has 0 nitrogen and oxygen atoms in total. The molecule has 0 fully saturated rings. The summed E-state index contributed by atoms with van der Waals surface area (Å²) in [6.45, 7) is 0. The Morgan fingerprint density at radius 3 is 2.10 bits per heavy atom. The fourth-order valence-corrected chi connectivity index (χ4v) is 3.34. The van der Waals surface area contributed by atoms with E-state index in [9.17, 15) is 4.39 Å². The van der Waals surface area contributed by atoms with E-state index in [1.165, 1.54) is 6.07 Å². The third kappa shape index (κ3) is 3.65. The lowest BCUT2D eigenvalue weighted by Gasteiger charge is -2.31. The molecule has 5 heteroatoms. The Morgan fingerprint density at radius 2 is 1.52 bits per heavy atom. The van der Waals surface area contributed by atoms with Crippen LogP contribution in [0.3, 0.4) is 0 Å². The van der Waals surface area contributed by atoms with E-state index in [-0.39, 0.29) is 5.02 Å². The fraction of sp³-hybridized carbons (Fsp3) is 0.250. The number of alkyl halides is 2. The molecule has 0 atom stereocenters. The summed E-state index contributed by atoms with van der Waals surface area (Å²) in [5.41, 5.74) is 1.12. The third-order valence-electron chi connectivity index (χ3n) is 3.53. The second kappa shape index (κ2) is 7.19. The first-order chi connectivity index (χ1) is 10.0. The Balaban J connectivity index is 2.43. The van der Waals surface area contributed by atoms with E-state index in [1.807, 2.05) is 12.1 Å². The standard InChI is InChI=1S/C16H13Cl4F/c17-9-16(10-18,12-4-6-13(19)7-5-12)8-11-2-1-3-14(21)15(11)20/h1-7H,8-10H2. The van der Waals surface area contributed by atoms with Gasteiger partial charge in [-0.05, 0) is 35.7 Å². The van der Waals surface area contributed by atoms with Crippen molar-refractivity contribution in [3.63, 3.8) is 0 Å². The molecule has 2 aromatic carbocycles. The molecular weight excluding hydrogens is 353 g/mol. The molecule has 0 unspecified atom stereocenters. The number of halogens is 5. The van der Waals surface area contributed by atoms with E-state index in [4.69, 9.17) is 46.4 Å². The van der Waals surface area contributed by atoms with Crippen LogP contribution in [-0.4, -0.2) is 11.8 Å². The molecule has 0 radical (unpaired) electrons. The van der Waals surface area contributed by atoms with E-state index >= 15 is 0 Å². The highest BCUT2D eigenvalue weighted by atomic mass is 35.5. The van der Waals surface area contributed by atoms with Crippen LogP contribution in [0.2, 0.25) is 10.0 Å². The van der Waals surface area contributed by atoms with Crippen molar-refractivity contribution in [2.24, 2.45) is 0 Å². The van der Waals surface area contributed by atoms with Gasteiger partial charge in [-0.3, -0.25) is 0 Å². The van der Waals surface area contributed by atoms with Crippen LogP contribution in [-0.2, 0) is 11.8 Å². The first-order valence-corrected chi connectivity index (χ1v) is 8.16. The van der Waals surface area contributed by atoms with E-state index < -0.39 is 11.2 Å². The molecule has 2 rings (SSSR count). The minimum Gasteiger partial charge on any atom is -0.205 e. The van der Waals surface area contributed by atoms with Crippen molar-refractivity contribution in [2.75, 3.05) is 11.8 Å². The molecule has 0 bridgehead atoms. The second-order valence-corrected chi connectivity index (χ2v) is 6.29. The summed E-state index contributed by atoms with van der Waals surface area (Å²) in [5.74, 6) is 0.152. The molecule has 0 amide bonds. The molecule has 2 aromatic rings. The highest BCUT2D eigenvalue weighted by molar-refractivity contribution is 6.31. The van der Waals surface area contributed by atoms with Gasteiger partial charge in [-0.15, -0.1) is 23.2 Å². The summed E-state index contributed by atoms with van der Waals surface area (Å²) in [6, 6.07) is 12.1. The fourth-order valence-electron chi connectivity index (χ4n) is 2.24. The highest BCUT2D eigenvalue weighted by Gasteiger charge is 2.32. The third-order valence-corrected chi connectivity index (χ3v) is 5.23. The number of rotatable bonds is 5. The lowest BCUT2D eigenvalue weighted by molar-refractivity contribution is 0.533. The normalized spacial score (nSPS) is 11.7. The summed E-state index contributed by atoms with van der Waals surface area (Å²) >= 11 is 24.3. The average Bonchev–Trinajstić information content (AvgIpc) is 2.50. The largest absolute Gasteiger partial charge is 0.205 e. The maximum atomic E-state index is 13.6. The monoisotopic (exact) mass is 364 g/mol. The lowest BCUT2D eigenvalue weighted by Crippen LogP contribution is -2.33. The van der Waals surface area contributed by atoms with Crippen LogP contribution in [0.5, 0.6) is 0 Å². The van der Waals surface area contributed by atoms with E-state index in [1.54, 1.807) is 24.3 Å². The maximum absolute atomic E-state index is 13.6. The molecule has 112 valence electrons. The smallest absolute Gasteiger partial charge is 0.142 e. The van der Waals surface area contributed by atoms with Crippen LogP contribution in [0.15, 0.2) is 42.5 Å². The Hall–Kier alpha value is -0.470. The Bertz CT molecular complexity index is 606. The minimum atomic E-state index is -0.523. The first-order valence-electron chi connectivity index (χ1n) is 6.33. The Kier molecular flexibility index (Phi) is 5.79. The molecule has 0 N–H and O–H groups in total. The van der Waals surface area contributed by atoms with Gasteiger partial charge in [0.2, 0.25) is 0 Å². The van der Waals surface area contributed by atoms with E-state index in [2.05, 4.69) is 0 Å². The average molecular weight is 366 g/mol. The predicted molar refractivity (Wildman–Crippen MR) is 89.7 cm³/mol. The molecule has 0 aliphatic carbocycles. The highest BCUT2D eigenvalue weighted by Crippen LogP contribution is 2.35. The number of benzene rings is 2. The minimum absolute atomic E-state index is 0.117. The molecule has 0 heterocycles. The Morgan fingerprint density at radius 1 is 0.905 bits per heavy atom. The van der Waals surface area contributed by atoms with E-state index in [0.717, 1.165) is 5.56 Å². The van der Waals surface area contributed by atoms with Crippen molar-refractivity contribution in [1.29, 1.82) is 0 Å². The summed E-state index contributed by atoms with van der Waals surface area (Å²) in [5, 5.41) is 0.756. The van der Waals surface area contributed by atoms with Crippen molar-refractivity contribution < 1.29 is 4.39 Å². The van der Waals surface area contributed by atoms with Crippen LogP contribution in [0.25, 0.3) is 0 Å². The van der Waals surface area contributed by atoms with Gasteiger partial charge in [0, 0.05) is 22.2 Å². The van der Waals surface area contributed by atoms with Crippen LogP contribution >= 0.6 is 46.4 Å². The van der Waals surface area contributed by atoms with E-state index in [0.29, 0.717) is 28.8 Å². The van der Waals surface area contributed by atoms with Crippen LogP contribution in [0.1, 0.15) is 11.1 Å². The molecule has 0 aliphatic heterocycles. The summed E-state index contributed by atoms with van der Waals surface area (Å²) in [6.07, 6.45) is 0.457. The van der Waals surface area contributed by atoms with Crippen molar-refractivity contribution in [3.05, 3.63) is 69.5 Å². The van der Waals surface area contributed by atoms with Crippen LogP contribution < -0.4 is 0 Å². The predicted octanol–water partition coefficient (Wildman–Crippen LogP) is 6.09. The lowest BCUT2D eigenvalue weighted by atomic mass is 9.78. The summed E-state index contributed by atoms with van der Waals surface area (Å²) < 4.78 is 13.6. The van der Waals surface area contributed by atoms with Gasteiger partial charge in [0.05, 0.1) is 5.02 Å². The molecule has 0 aromatic heterocycles. The van der Waals surface area contributed by atoms with Gasteiger partial charge in [-0.25, -0.2) is 4.39 Å². The zero-order valence-electron chi connectivity index (χ0n) is 11.1. The molecular formula is C16H13Cl4F. The zero-order valence-corrected chi connectivity index (χ0v) is 14.1. The summed E-state index contributed by atoms with van der Waals surface area (Å²) in [4.78, 5) is 0. The topological polar surface area (TPSA) is 0 Å². The first kappa shape index (κ1) is 16.9. The quantitative estimate of drug-likeness (QED) is 0.562. The van der Waals surface area contributed by atoms with Gasteiger partial charge in [-0.2, -0.15) is 0 Å². The van der Waals surface area contributed by atoms with Gasteiger partial charge in [0.1, 0.15) is 5.82 Å². The molecule has 0 aliphatic rings. The van der Waals surface area contributed by atoms with Crippen LogP contribution in [0.4, 0.5) is 4.39 Å². The van der Waals surface area contributed by atoms with Crippen molar-refractivity contribution in [2.45, 2.75) is 11.8 Å². The zero-order chi connectivity index (χ0) is 15.5. The molecule has 0 spiro atoms. The number of hydrogen-bond acceptors (Lipinski definition) is 0. The molecule has 0 saturated heterocycles. The van der Waals surface area contributed by atoms with Crippen molar-refractivity contribution >= 4 is 46.4 Å². The summed E-state index contributed by atoms with van der Waals surface area (Å²) in [7, 11) is 0. The number of hydrogen-bond donors (Lipinski definition) is 0. The SMILES string of the molecule is Fc1cccc(CC(CCl)(CCl)c2ccc(Cl)cc2)c1Cl. The second-order valence-electron chi connectivity index (χ2n) is 4.94. The van der Waals surface area contributed by atoms with Crippen molar-refractivity contribution in [1.82, 2.24) is 0 Å². The van der Waals surface area contributed by atoms with Crippen LogP contribution in [0, 0.1) is 5.82 Å². The Labute approximate surface area is 143 Å². The van der Waals surface area contributed by atoms with Gasteiger partial charge in [0.15, 0.2) is 0 Å². The van der Waals surface area contributed by atoms with Gasteiger partial charge in [-0.1, -0.05) is 47.5 Å². The van der Waals surface area contributed by atoms with Gasteiger partial charge < -0.3 is 0 Å². The van der Waals surface area contributed by atoms with Crippen molar-refractivity contribution in [3.8, 4) is 0 Å². The molecule has 21 heavy (non-hydrogen) atoms. The van der Waals surface area contributed by atoms with Gasteiger partial charge >= 0.3 is 0 Å². The van der Waals surface area contributed by atoms with Gasteiger partial charge in [0.25, 0.3) is 0 Å².